The Morgan fingerprint density at radius 1 is 1.35 bits per heavy atom. The Bertz CT molecular complexity index is 502. The number of oxazole rings is 1. The average Bonchev–Trinajstić information content (AvgIpc) is 2.64. The summed E-state index contributed by atoms with van der Waals surface area (Å²) >= 11 is 0. The monoisotopic (exact) mass is 232 g/mol. The molecule has 0 bridgehead atoms. The van der Waals surface area contributed by atoms with Crippen LogP contribution in [0.5, 0.6) is 0 Å². The summed E-state index contributed by atoms with van der Waals surface area (Å²) in [5.74, 6) is 0.733. The van der Waals surface area contributed by atoms with Gasteiger partial charge in [0.15, 0.2) is 11.5 Å². The minimum absolute atomic E-state index is 0.589. The lowest BCUT2D eigenvalue weighted by Gasteiger charge is -2.20. The van der Waals surface area contributed by atoms with E-state index in [1.54, 1.807) is 0 Å². The predicted molar refractivity (Wildman–Crippen MR) is 70.2 cm³/mol. The van der Waals surface area contributed by atoms with Gasteiger partial charge in [0.1, 0.15) is 5.52 Å². The molecule has 3 heteroatoms. The zero-order chi connectivity index (χ0) is 12.4. The number of rotatable bonds is 4. The molecular formula is C14H20N2O. The molecule has 2 rings (SSSR count). The van der Waals surface area contributed by atoms with Gasteiger partial charge in [0.25, 0.3) is 0 Å². The number of likely N-dealkylation sites (N-methyl/N-ethyl adjacent to an activating group) is 1. The van der Waals surface area contributed by atoms with E-state index in [0.29, 0.717) is 6.04 Å². The molecule has 0 N–H and O–H groups in total. The summed E-state index contributed by atoms with van der Waals surface area (Å²) in [4.78, 5) is 6.64. The number of hydrogen-bond acceptors (Lipinski definition) is 3. The highest BCUT2D eigenvalue weighted by Gasteiger charge is 2.06. The molecule has 0 saturated heterocycles. The van der Waals surface area contributed by atoms with Crippen molar-refractivity contribution in [2.24, 2.45) is 0 Å². The van der Waals surface area contributed by atoms with Gasteiger partial charge in [0, 0.05) is 19.5 Å². The van der Waals surface area contributed by atoms with Crippen molar-refractivity contribution in [1.82, 2.24) is 9.88 Å². The van der Waals surface area contributed by atoms with Crippen LogP contribution in [0.4, 0.5) is 0 Å². The summed E-state index contributed by atoms with van der Waals surface area (Å²) < 4.78 is 5.54. The van der Waals surface area contributed by atoms with Gasteiger partial charge < -0.3 is 9.32 Å². The lowest BCUT2D eigenvalue weighted by atomic mass is 10.1. The van der Waals surface area contributed by atoms with Gasteiger partial charge in [-0.2, -0.15) is 0 Å². The summed E-state index contributed by atoms with van der Waals surface area (Å²) in [7, 11) is 2.15. The standard InChI is InChI=1S/C14H20N2O/c1-10(2)16(4)8-7-12-5-6-13-14(9-12)17-11(3)15-13/h5-6,9-10H,7-8H2,1-4H3. The van der Waals surface area contributed by atoms with Crippen LogP contribution in [0, 0.1) is 6.92 Å². The highest BCUT2D eigenvalue weighted by atomic mass is 16.3. The minimum Gasteiger partial charge on any atom is -0.441 e. The Labute approximate surface area is 102 Å². The van der Waals surface area contributed by atoms with Crippen LogP contribution >= 0.6 is 0 Å². The van der Waals surface area contributed by atoms with Crippen LogP contribution in [0.1, 0.15) is 25.3 Å². The molecule has 0 amide bonds. The topological polar surface area (TPSA) is 29.3 Å². The second kappa shape index (κ2) is 4.88. The smallest absolute Gasteiger partial charge is 0.192 e. The van der Waals surface area contributed by atoms with Gasteiger partial charge in [-0.05, 0) is 45.0 Å². The molecule has 0 unspecified atom stereocenters. The molecule has 2 aromatic rings. The van der Waals surface area contributed by atoms with Gasteiger partial charge in [-0.15, -0.1) is 0 Å². The molecule has 0 saturated carbocycles. The normalized spacial score (nSPS) is 11.9. The van der Waals surface area contributed by atoms with Crippen LogP contribution < -0.4 is 0 Å². The quantitative estimate of drug-likeness (QED) is 0.811. The fourth-order valence-corrected chi connectivity index (χ4v) is 1.80. The fourth-order valence-electron chi connectivity index (χ4n) is 1.80. The maximum Gasteiger partial charge on any atom is 0.192 e. The van der Waals surface area contributed by atoms with Gasteiger partial charge in [-0.1, -0.05) is 6.07 Å². The maximum absolute atomic E-state index is 5.54. The van der Waals surface area contributed by atoms with E-state index >= 15 is 0 Å². The number of hydrogen-bond donors (Lipinski definition) is 0. The number of aromatic nitrogens is 1. The summed E-state index contributed by atoms with van der Waals surface area (Å²) in [6.45, 7) is 7.37. The summed E-state index contributed by atoms with van der Waals surface area (Å²) in [6.07, 6.45) is 1.05. The second-order valence-electron chi connectivity index (χ2n) is 4.86. The van der Waals surface area contributed by atoms with Gasteiger partial charge in [-0.3, -0.25) is 0 Å². The van der Waals surface area contributed by atoms with Crippen molar-refractivity contribution in [1.29, 1.82) is 0 Å². The summed E-state index contributed by atoms with van der Waals surface area (Å²) in [5.41, 5.74) is 3.15. The third-order valence-corrected chi connectivity index (χ3v) is 3.19. The van der Waals surface area contributed by atoms with Crippen LogP contribution in [-0.2, 0) is 6.42 Å². The third kappa shape index (κ3) is 2.86. The lowest BCUT2D eigenvalue weighted by Crippen LogP contribution is -2.28. The first-order valence-corrected chi connectivity index (χ1v) is 6.12. The van der Waals surface area contributed by atoms with Crippen LogP contribution in [0.2, 0.25) is 0 Å². The largest absolute Gasteiger partial charge is 0.441 e. The van der Waals surface area contributed by atoms with Crippen molar-refractivity contribution >= 4 is 11.1 Å². The number of aryl methyl sites for hydroxylation is 1. The molecule has 0 aliphatic heterocycles. The lowest BCUT2D eigenvalue weighted by molar-refractivity contribution is 0.277. The van der Waals surface area contributed by atoms with E-state index in [1.165, 1.54) is 5.56 Å². The molecule has 0 fully saturated rings. The Morgan fingerprint density at radius 2 is 2.12 bits per heavy atom. The van der Waals surface area contributed by atoms with Crippen molar-refractivity contribution in [3.63, 3.8) is 0 Å². The van der Waals surface area contributed by atoms with Crippen LogP contribution in [0.25, 0.3) is 11.1 Å². The maximum atomic E-state index is 5.54. The SMILES string of the molecule is Cc1nc2ccc(CCN(C)C(C)C)cc2o1. The van der Waals surface area contributed by atoms with E-state index in [9.17, 15) is 0 Å². The van der Waals surface area contributed by atoms with Crippen molar-refractivity contribution in [3.8, 4) is 0 Å². The molecule has 17 heavy (non-hydrogen) atoms. The van der Waals surface area contributed by atoms with Crippen LogP contribution in [0.3, 0.4) is 0 Å². The first-order valence-electron chi connectivity index (χ1n) is 6.12. The Balaban J connectivity index is 2.08. The molecule has 1 aromatic heterocycles. The van der Waals surface area contributed by atoms with Crippen molar-refractivity contribution in [2.75, 3.05) is 13.6 Å². The molecule has 0 aliphatic carbocycles. The van der Waals surface area contributed by atoms with E-state index in [1.807, 2.05) is 13.0 Å². The Morgan fingerprint density at radius 3 is 2.82 bits per heavy atom. The predicted octanol–water partition coefficient (Wildman–Crippen LogP) is 3.02. The molecule has 1 heterocycles. The highest BCUT2D eigenvalue weighted by molar-refractivity contribution is 5.73. The van der Waals surface area contributed by atoms with Gasteiger partial charge in [-0.25, -0.2) is 4.98 Å². The molecular weight excluding hydrogens is 212 g/mol. The molecule has 92 valence electrons. The molecule has 0 radical (unpaired) electrons. The first kappa shape index (κ1) is 12.1. The molecule has 0 atom stereocenters. The number of fused-ring (bicyclic) bond motifs is 1. The van der Waals surface area contributed by atoms with Crippen LogP contribution in [-0.4, -0.2) is 29.5 Å². The fraction of sp³-hybridized carbons (Fsp3) is 0.500. The van der Waals surface area contributed by atoms with Gasteiger partial charge >= 0.3 is 0 Å². The highest BCUT2D eigenvalue weighted by Crippen LogP contribution is 2.17. The second-order valence-corrected chi connectivity index (χ2v) is 4.86. The van der Waals surface area contributed by atoms with E-state index in [4.69, 9.17) is 4.42 Å². The van der Waals surface area contributed by atoms with Gasteiger partial charge in [0.05, 0.1) is 0 Å². The van der Waals surface area contributed by atoms with E-state index < -0.39 is 0 Å². The Kier molecular flexibility index (Phi) is 3.48. The van der Waals surface area contributed by atoms with Crippen molar-refractivity contribution < 1.29 is 4.42 Å². The van der Waals surface area contributed by atoms with Gasteiger partial charge in [0.2, 0.25) is 0 Å². The third-order valence-electron chi connectivity index (χ3n) is 3.19. The first-order chi connectivity index (χ1) is 8.06. The van der Waals surface area contributed by atoms with Crippen molar-refractivity contribution in [3.05, 3.63) is 29.7 Å². The Hall–Kier alpha value is -1.35. The zero-order valence-corrected chi connectivity index (χ0v) is 11.0. The van der Waals surface area contributed by atoms with E-state index in [0.717, 1.165) is 30.0 Å². The zero-order valence-electron chi connectivity index (χ0n) is 11.0. The van der Waals surface area contributed by atoms with Crippen LogP contribution in [0.15, 0.2) is 22.6 Å². The molecule has 1 aromatic carbocycles. The molecule has 0 spiro atoms. The average molecular weight is 232 g/mol. The summed E-state index contributed by atoms with van der Waals surface area (Å²) in [6, 6.07) is 6.87. The number of nitrogens with zero attached hydrogens (tertiary/aromatic N) is 2. The van der Waals surface area contributed by atoms with E-state index in [-0.39, 0.29) is 0 Å². The molecule has 0 aliphatic rings. The minimum atomic E-state index is 0.589. The number of benzene rings is 1. The van der Waals surface area contributed by atoms with Crippen molar-refractivity contribution in [2.45, 2.75) is 33.2 Å². The summed E-state index contributed by atoms with van der Waals surface area (Å²) in [5, 5.41) is 0. The molecule has 3 nitrogen and oxygen atoms in total. The van der Waals surface area contributed by atoms with E-state index in [2.05, 4.69) is 42.9 Å².